The average Bonchev–Trinajstić information content (AvgIpc) is 3.25. The number of hydrogen-bond donors (Lipinski definition) is 3. The maximum absolute atomic E-state index is 12.5. The minimum Gasteiger partial charge on any atom is -0.495 e. The number of carbonyl (C=O) groups is 2. The van der Waals surface area contributed by atoms with E-state index in [2.05, 4.69) is 32.7 Å². The molecular weight excluding hydrogens is 434 g/mol. The number of thioether (sulfide) groups is 1. The van der Waals surface area contributed by atoms with Crippen LogP contribution in [0.4, 0.5) is 16.5 Å². The van der Waals surface area contributed by atoms with Crippen LogP contribution < -0.4 is 20.7 Å². The fraction of sp³-hybridized carbons (Fsp3) is 0.143. The van der Waals surface area contributed by atoms with E-state index >= 15 is 0 Å². The van der Waals surface area contributed by atoms with Gasteiger partial charge in [-0.2, -0.15) is 0 Å². The topological polar surface area (TPSA) is 105 Å². The van der Waals surface area contributed by atoms with Crippen LogP contribution in [0.3, 0.4) is 0 Å². The Hall–Kier alpha value is -3.37. The van der Waals surface area contributed by atoms with Crippen molar-refractivity contribution >= 4 is 51.4 Å². The first kappa shape index (κ1) is 22.3. The van der Waals surface area contributed by atoms with Gasteiger partial charge >= 0.3 is 0 Å². The molecule has 0 radical (unpaired) electrons. The van der Waals surface area contributed by atoms with Crippen LogP contribution in [0.1, 0.15) is 10.4 Å². The normalized spacial score (nSPS) is 10.2. The van der Waals surface area contributed by atoms with E-state index in [0.29, 0.717) is 38.7 Å². The van der Waals surface area contributed by atoms with Crippen molar-refractivity contribution in [1.29, 1.82) is 0 Å². The van der Waals surface area contributed by atoms with E-state index in [0.717, 1.165) is 0 Å². The second kappa shape index (κ2) is 11.1. The lowest BCUT2D eigenvalue weighted by atomic mass is 10.2. The highest BCUT2D eigenvalue weighted by Gasteiger charge is 2.11. The van der Waals surface area contributed by atoms with Crippen molar-refractivity contribution in [1.82, 2.24) is 10.2 Å². The molecule has 31 heavy (non-hydrogen) atoms. The molecule has 3 rings (SSSR count). The predicted octanol–water partition coefficient (Wildman–Crippen LogP) is 4.13. The molecule has 0 saturated carbocycles. The number of aromatic nitrogens is 2. The number of ether oxygens (including phenoxy) is 1. The Labute approximate surface area is 188 Å². The van der Waals surface area contributed by atoms with Crippen LogP contribution in [0, 0.1) is 0 Å². The largest absolute Gasteiger partial charge is 0.495 e. The molecule has 10 heteroatoms. The van der Waals surface area contributed by atoms with Gasteiger partial charge in [0.1, 0.15) is 5.75 Å². The zero-order valence-electron chi connectivity index (χ0n) is 16.8. The van der Waals surface area contributed by atoms with Gasteiger partial charge in [0.05, 0.1) is 18.6 Å². The van der Waals surface area contributed by atoms with Gasteiger partial charge in [-0.1, -0.05) is 41.3 Å². The van der Waals surface area contributed by atoms with Crippen LogP contribution in [0.2, 0.25) is 0 Å². The van der Waals surface area contributed by atoms with Crippen LogP contribution in [0.15, 0.2) is 65.5 Å². The van der Waals surface area contributed by atoms with Crippen molar-refractivity contribution in [3.05, 3.63) is 66.7 Å². The first-order chi connectivity index (χ1) is 15.1. The number of benzene rings is 2. The van der Waals surface area contributed by atoms with Crippen molar-refractivity contribution in [2.75, 3.05) is 35.4 Å². The van der Waals surface area contributed by atoms with Gasteiger partial charge in [0, 0.05) is 17.8 Å². The number of hydrogen-bond acceptors (Lipinski definition) is 8. The average molecular weight is 456 g/mol. The lowest BCUT2D eigenvalue weighted by Crippen LogP contribution is -2.15. The molecule has 0 unspecified atom stereocenters. The van der Waals surface area contributed by atoms with Crippen molar-refractivity contribution in [3.8, 4) is 5.75 Å². The second-order valence-electron chi connectivity index (χ2n) is 6.11. The van der Waals surface area contributed by atoms with Crippen molar-refractivity contribution in [2.45, 2.75) is 4.34 Å². The molecule has 0 bridgehead atoms. The number of para-hydroxylation sites is 2. The van der Waals surface area contributed by atoms with E-state index in [1.807, 2.05) is 12.1 Å². The van der Waals surface area contributed by atoms with Crippen molar-refractivity contribution in [2.24, 2.45) is 0 Å². The highest BCUT2D eigenvalue weighted by Crippen LogP contribution is 2.26. The Balaban J connectivity index is 1.50. The molecule has 0 atom stereocenters. The molecule has 2 aromatic carbocycles. The third kappa shape index (κ3) is 6.56. The van der Waals surface area contributed by atoms with Crippen LogP contribution >= 0.6 is 23.1 Å². The number of methoxy groups -OCH3 is 1. The molecule has 0 aliphatic carbocycles. The number of nitrogens with zero attached hydrogens (tertiary/aromatic N) is 2. The molecule has 3 aromatic rings. The van der Waals surface area contributed by atoms with E-state index < -0.39 is 0 Å². The van der Waals surface area contributed by atoms with E-state index in [9.17, 15) is 9.59 Å². The quantitative estimate of drug-likeness (QED) is 0.312. The standard InChI is InChI=1S/C21H21N5O3S2/c1-3-12-22-20-25-26-21(31-20)30-13-18(27)23-15-10-8-14(9-11-15)19(28)24-16-6-4-5-7-17(16)29-2/h3-11H,1,12-13H2,2H3,(H,22,25)(H,23,27)(H,24,28). The zero-order chi connectivity index (χ0) is 22.1. The van der Waals surface area contributed by atoms with Gasteiger partial charge in [0.2, 0.25) is 11.0 Å². The van der Waals surface area contributed by atoms with E-state index in [4.69, 9.17) is 4.74 Å². The molecule has 0 aliphatic rings. The number of carbonyl (C=O) groups excluding carboxylic acids is 2. The maximum Gasteiger partial charge on any atom is 0.255 e. The first-order valence-electron chi connectivity index (χ1n) is 9.24. The summed E-state index contributed by atoms with van der Waals surface area (Å²) >= 11 is 2.68. The summed E-state index contributed by atoms with van der Waals surface area (Å²) in [6.45, 7) is 4.24. The van der Waals surface area contributed by atoms with E-state index in [1.165, 1.54) is 23.1 Å². The molecule has 1 aromatic heterocycles. The summed E-state index contributed by atoms with van der Waals surface area (Å²) in [6, 6.07) is 13.8. The summed E-state index contributed by atoms with van der Waals surface area (Å²) in [6.07, 6.45) is 1.73. The molecular formula is C21H21N5O3S2. The predicted molar refractivity (Wildman–Crippen MR) is 125 cm³/mol. The van der Waals surface area contributed by atoms with Gasteiger partial charge in [-0.15, -0.1) is 16.8 Å². The van der Waals surface area contributed by atoms with Crippen molar-refractivity contribution < 1.29 is 14.3 Å². The SMILES string of the molecule is C=CCNc1nnc(SCC(=O)Nc2ccc(C(=O)Nc3ccccc3OC)cc2)s1. The smallest absolute Gasteiger partial charge is 0.255 e. The van der Waals surface area contributed by atoms with Crippen LogP contribution in [0.25, 0.3) is 0 Å². The summed E-state index contributed by atoms with van der Waals surface area (Å²) in [5, 5.41) is 17.4. The molecule has 0 spiro atoms. The van der Waals surface area contributed by atoms with Gasteiger partial charge < -0.3 is 20.7 Å². The summed E-state index contributed by atoms with van der Waals surface area (Å²) < 4.78 is 5.94. The number of rotatable bonds is 10. The Morgan fingerprint density at radius 3 is 2.65 bits per heavy atom. The fourth-order valence-electron chi connectivity index (χ4n) is 2.47. The third-order valence-electron chi connectivity index (χ3n) is 3.92. The van der Waals surface area contributed by atoms with Crippen LogP contribution in [0.5, 0.6) is 5.75 Å². The maximum atomic E-state index is 12.5. The van der Waals surface area contributed by atoms with Crippen LogP contribution in [-0.4, -0.2) is 41.4 Å². The van der Waals surface area contributed by atoms with E-state index in [1.54, 1.807) is 49.6 Å². The molecule has 3 N–H and O–H groups in total. The monoisotopic (exact) mass is 455 g/mol. The molecule has 8 nitrogen and oxygen atoms in total. The third-order valence-corrected chi connectivity index (χ3v) is 5.93. The minimum atomic E-state index is -0.268. The van der Waals surface area contributed by atoms with Gasteiger partial charge in [0.15, 0.2) is 4.34 Å². The second-order valence-corrected chi connectivity index (χ2v) is 8.31. The van der Waals surface area contributed by atoms with Gasteiger partial charge in [-0.25, -0.2) is 0 Å². The molecule has 0 saturated heterocycles. The lowest BCUT2D eigenvalue weighted by molar-refractivity contribution is -0.113. The highest BCUT2D eigenvalue weighted by molar-refractivity contribution is 8.01. The Morgan fingerprint density at radius 2 is 1.90 bits per heavy atom. The summed E-state index contributed by atoms with van der Waals surface area (Å²) in [4.78, 5) is 24.7. The highest BCUT2D eigenvalue weighted by atomic mass is 32.2. The lowest BCUT2D eigenvalue weighted by Gasteiger charge is -2.10. The molecule has 1 heterocycles. The Bertz CT molecular complexity index is 1050. The number of amides is 2. The molecule has 160 valence electrons. The molecule has 0 fully saturated rings. The Morgan fingerprint density at radius 1 is 1.13 bits per heavy atom. The van der Waals surface area contributed by atoms with E-state index in [-0.39, 0.29) is 17.6 Å². The van der Waals surface area contributed by atoms with Gasteiger partial charge in [0.25, 0.3) is 5.91 Å². The Kier molecular flexibility index (Phi) is 8.02. The number of nitrogens with one attached hydrogen (secondary N) is 3. The summed E-state index contributed by atoms with van der Waals surface area (Å²) in [7, 11) is 1.55. The zero-order valence-corrected chi connectivity index (χ0v) is 18.4. The molecule has 2 amide bonds. The van der Waals surface area contributed by atoms with Crippen molar-refractivity contribution in [3.63, 3.8) is 0 Å². The summed E-state index contributed by atoms with van der Waals surface area (Å²) in [5.74, 6) is 0.338. The minimum absolute atomic E-state index is 0.174. The summed E-state index contributed by atoms with van der Waals surface area (Å²) in [5.41, 5.74) is 1.65. The van der Waals surface area contributed by atoms with Crippen LogP contribution in [-0.2, 0) is 4.79 Å². The first-order valence-corrected chi connectivity index (χ1v) is 11.0. The fourth-order valence-corrected chi connectivity index (χ4v) is 4.03. The van der Waals surface area contributed by atoms with Gasteiger partial charge in [-0.05, 0) is 36.4 Å². The molecule has 0 aliphatic heterocycles. The number of anilines is 3. The van der Waals surface area contributed by atoms with Gasteiger partial charge in [-0.3, -0.25) is 9.59 Å².